The average Bonchev–Trinajstić information content (AvgIpc) is 3.13. The zero-order valence-electron chi connectivity index (χ0n) is 33.3. The molecule has 2 atom stereocenters. The highest BCUT2D eigenvalue weighted by atomic mass is 31.2. The highest BCUT2D eigenvalue weighted by Gasteiger charge is 2.25. The number of phosphoric ester groups is 1. The van der Waals surface area contributed by atoms with E-state index in [9.17, 15) is 14.3 Å². The van der Waals surface area contributed by atoms with Crippen LogP contribution in [0.1, 0.15) is 168 Å². The van der Waals surface area contributed by atoms with Crippen LogP contribution in [0.3, 0.4) is 0 Å². The maximum atomic E-state index is 12.6. The molecule has 0 aliphatic carbocycles. The molecule has 0 aromatic carbocycles. The molecule has 8 nitrogen and oxygen atoms in total. The molecule has 0 amide bonds. The van der Waals surface area contributed by atoms with Gasteiger partial charge in [0.15, 0.2) is 0 Å². The lowest BCUT2D eigenvalue weighted by Crippen LogP contribution is -2.28. The van der Waals surface area contributed by atoms with Crippen LogP contribution in [0.2, 0.25) is 0 Å². The quantitative estimate of drug-likeness (QED) is 0.0276. The van der Waals surface area contributed by atoms with Gasteiger partial charge in [-0.05, 0) is 77.0 Å². The standard InChI is InChI=1S/C43H78NO7P/c1-3-5-7-9-11-13-15-17-19-20-21-22-23-24-26-28-30-32-34-36-43(45)51-42(41-50-52(46,47)49-39-37-44)40-48-38-35-33-31-29-27-25-18-16-14-12-10-8-6-4-2/h5,7,11,13-14,16-17,19,21-22,42H,3-4,6,8-10,12,15,18,20,23-41,44H2,1-2H3,(H,46,47)/b7-5-,13-11-,16-14-,19-17-,22-21-. The van der Waals surface area contributed by atoms with Crippen molar-refractivity contribution in [2.24, 2.45) is 5.73 Å². The SMILES string of the molecule is CC/C=C\C/C=C\C/C=C\C/C=C\CCCCCCCCC(=O)OC(COCCCCCCCC/C=C\CCCCCC)COP(=O)(O)OCCN. The van der Waals surface area contributed by atoms with E-state index in [0.29, 0.717) is 13.0 Å². The van der Waals surface area contributed by atoms with Crippen LogP contribution in [-0.2, 0) is 27.9 Å². The minimum atomic E-state index is -4.28. The number of carbonyl (C=O) groups is 1. The van der Waals surface area contributed by atoms with Crippen LogP contribution in [0.5, 0.6) is 0 Å². The third kappa shape index (κ3) is 39.4. The molecule has 0 radical (unpaired) electrons. The molecule has 0 heterocycles. The highest BCUT2D eigenvalue weighted by molar-refractivity contribution is 7.47. The molecule has 0 aromatic heterocycles. The van der Waals surface area contributed by atoms with E-state index in [1.807, 2.05) is 0 Å². The molecule has 0 fully saturated rings. The maximum Gasteiger partial charge on any atom is 0.472 e. The normalized spacial score (nSPS) is 14.2. The topological polar surface area (TPSA) is 117 Å². The number of phosphoric acid groups is 1. The van der Waals surface area contributed by atoms with Crippen LogP contribution in [0, 0.1) is 0 Å². The van der Waals surface area contributed by atoms with Gasteiger partial charge >= 0.3 is 13.8 Å². The predicted molar refractivity (Wildman–Crippen MR) is 219 cm³/mol. The Balaban J connectivity index is 4.10. The van der Waals surface area contributed by atoms with Gasteiger partial charge in [0.05, 0.1) is 19.8 Å². The molecule has 0 spiro atoms. The average molecular weight is 752 g/mol. The smallest absolute Gasteiger partial charge is 0.457 e. The molecule has 3 N–H and O–H groups in total. The molecule has 0 aliphatic heterocycles. The van der Waals surface area contributed by atoms with Gasteiger partial charge in [0.1, 0.15) is 6.10 Å². The number of hydrogen-bond donors (Lipinski definition) is 2. The molecular formula is C43H78NO7P. The summed E-state index contributed by atoms with van der Waals surface area (Å²) in [4.78, 5) is 22.4. The predicted octanol–water partition coefficient (Wildman–Crippen LogP) is 12.2. The van der Waals surface area contributed by atoms with E-state index >= 15 is 0 Å². The minimum Gasteiger partial charge on any atom is -0.457 e. The molecule has 0 saturated heterocycles. The summed E-state index contributed by atoms with van der Waals surface area (Å²) >= 11 is 0. The number of carbonyl (C=O) groups excluding carboxylic acids is 1. The zero-order chi connectivity index (χ0) is 38.1. The number of esters is 1. The van der Waals surface area contributed by atoms with Gasteiger partial charge in [0, 0.05) is 19.6 Å². The Morgan fingerprint density at radius 3 is 1.63 bits per heavy atom. The molecule has 302 valence electrons. The van der Waals surface area contributed by atoms with E-state index < -0.39 is 13.9 Å². The van der Waals surface area contributed by atoms with Gasteiger partial charge in [-0.15, -0.1) is 0 Å². The first-order valence-corrected chi connectivity index (χ1v) is 22.3. The fourth-order valence-electron chi connectivity index (χ4n) is 5.39. The maximum absolute atomic E-state index is 12.6. The molecular weight excluding hydrogens is 673 g/mol. The Morgan fingerprint density at radius 2 is 1.08 bits per heavy atom. The first-order valence-electron chi connectivity index (χ1n) is 20.8. The summed E-state index contributed by atoms with van der Waals surface area (Å²) in [6.07, 6.45) is 48.0. The summed E-state index contributed by atoms with van der Waals surface area (Å²) < 4.78 is 33.4. The van der Waals surface area contributed by atoms with Crippen molar-refractivity contribution in [3.05, 3.63) is 60.8 Å². The van der Waals surface area contributed by atoms with Crippen LogP contribution in [0.15, 0.2) is 60.8 Å². The van der Waals surface area contributed by atoms with Crippen molar-refractivity contribution in [2.45, 2.75) is 174 Å². The van der Waals surface area contributed by atoms with Crippen molar-refractivity contribution in [1.29, 1.82) is 0 Å². The Morgan fingerprint density at radius 1 is 0.596 bits per heavy atom. The minimum absolute atomic E-state index is 0.0942. The summed E-state index contributed by atoms with van der Waals surface area (Å²) in [6, 6.07) is 0. The summed E-state index contributed by atoms with van der Waals surface area (Å²) in [6.45, 7) is 4.75. The summed E-state index contributed by atoms with van der Waals surface area (Å²) in [5.74, 6) is -0.349. The first-order chi connectivity index (χ1) is 25.4. The highest BCUT2D eigenvalue weighted by Crippen LogP contribution is 2.43. The second kappa shape index (κ2) is 40.4. The number of nitrogens with two attached hydrogens (primary N) is 1. The number of hydrogen-bond acceptors (Lipinski definition) is 7. The molecule has 0 bridgehead atoms. The van der Waals surface area contributed by atoms with E-state index in [1.54, 1.807) is 0 Å². The van der Waals surface area contributed by atoms with E-state index in [1.165, 1.54) is 77.0 Å². The Bertz CT molecular complexity index is 979. The molecule has 0 rings (SSSR count). The summed E-state index contributed by atoms with van der Waals surface area (Å²) in [5.41, 5.74) is 5.36. The Hall–Kier alpha value is -1.80. The van der Waals surface area contributed by atoms with Crippen molar-refractivity contribution in [1.82, 2.24) is 0 Å². The van der Waals surface area contributed by atoms with Crippen molar-refractivity contribution in [3.8, 4) is 0 Å². The van der Waals surface area contributed by atoms with Crippen LogP contribution in [-0.4, -0.2) is 49.9 Å². The number of ether oxygens (including phenoxy) is 2. The van der Waals surface area contributed by atoms with E-state index in [2.05, 4.69) is 74.6 Å². The van der Waals surface area contributed by atoms with Gasteiger partial charge in [-0.3, -0.25) is 13.8 Å². The van der Waals surface area contributed by atoms with Crippen molar-refractivity contribution in [3.63, 3.8) is 0 Å². The zero-order valence-corrected chi connectivity index (χ0v) is 34.2. The van der Waals surface area contributed by atoms with Crippen molar-refractivity contribution in [2.75, 3.05) is 33.0 Å². The lowest BCUT2D eigenvalue weighted by Gasteiger charge is -2.20. The Kier molecular flexibility index (Phi) is 39.0. The summed E-state index contributed by atoms with van der Waals surface area (Å²) in [5, 5.41) is 0. The third-order valence-corrected chi connectivity index (χ3v) is 9.40. The molecule has 9 heteroatoms. The van der Waals surface area contributed by atoms with E-state index in [4.69, 9.17) is 24.3 Å². The van der Waals surface area contributed by atoms with Gasteiger partial charge in [0.2, 0.25) is 0 Å². The third-order valence-electron chi connectivity index (χ3n) is 8.42. The lowest BCUT2D eigenvalue weighted by atomic mass is 10.1. The lowest BCUT2D eigenvalue weighted by molar-refractivity contribution is -0.154. The largest absolute Gasteiger partial charge is 0.472 e. The van der Waals surface area contributed by atoms with Crippen LogP contribution in [0.4, 0.5) is 0 Å². The number of allylic oxidation sites excluding steroid dienone is 10. The monoisotopic (exact) mass is 752 g/mol. The molecule has 52 heavy (non-hydrogen) atoms. The second-order valence-electron chi connectivity index (χ2n) is 13.5. The van der Waals surface area contributed by atoms with Crippen molar-refractivity contribution >= 4 is 13.8 Å². The number of unbranched alkanes of at least 4 members (excludes halogenated alkanes) is 16. The number of rotatable bonds is 39. The fraction of sp³-hybridized carbons (Fsp3) is 0.744. The van der Waals surface area contributed by atoms with Crippen LogP contribution >= 0.6 is 7.82 Å². The fourth-order valence-corrected chi connectivity index (χ4v) is 6.16. The summed E-state index contributed by atoms with van der Waals surface area (Å²) in [7, 11) is -4.28. The van der Waals surface area contributed by atoms with Crippen LogP contribution < -0.4 is 5.73 Å². The molecule has 0 aliphatic rings. The van der Waals surface area contributed by atoms with Gasteiger partial charge in [-0.1, -0.05) is 145 Å². The Labute approximate surface area is 319 Å². The van der Waals surface area contributed by atoms with E-state index in [0.717, 1.165) is 70.6 Å². The molecule has 0 saturated carbocycles. The van der Waals surface area contributed by atoms with E-state index in [-0.39, 0.29) is 32.3 Å². The van der Waals surface area contributed by atoms with Gasteiger partial charge in [0.25, 0.3) is 0 Å². The van der Waals surface area contributed by atoms with Gasteiger partial charge in [-0.2, -0.15) is 0 Å². The molecule has 2 unspecified atom stereocenters. The van der Waals surface area contributed by atoms with Gasteiger partial charge in [-0.25, -0.2) is 4.57 Å². The molecule has 0 aromatic rings. The second-order valence-corrected chi connectivity index (χ2v) is 14.9. The van der Waals surface area contributed by atoms with Gasteiger partial charge < -0.3 is 20.1 Å². The van der Waals surface area contributed by atoms with Crippen molar-refractivity contribution < 1.29 is 32.8 Å². The first kappa shape index (κ1) is 50.2. The van der Waals surface area contributed by atoms with Crippen LogP contribution in [0.25, 0.3) is 0 Å².